The van der Waals surface area contributed by atoms with Crippen molar-refractivity contribution in [1.82, 2.24) is 15.2 Å². The van der Waals surface area contributed by atoms with Gasteiger partial charge in [-0.1, -0.05) is 18.2 Å². The molecule has 3 aromatic rings. The van der Waals surface area contributed by atoms with Crippen LogP contribution < -0.4 is 14.8 Å². The average Bonchev–Trinajstić information content (AvgIpc) is 3.20. The molecule has 0 fully saturated rings. The van der Waals surface area contributed by atoms with Crippen LogP contribution in [0.4, 0.5) is 11.4 Å². The van der Waals surface area contributed by atoms with Crippen LogP contribution in [0.1, 0.15) is 21.6 Å². The van der Waals surface area contributed by atoms with E-state index in [9.17, 15) is 13.2 Å². The lowest BCUT2D eigenvalue weighted by molar-refractivity contribution is 0.102. The lowest BCUT2D eigenvalue weighted by Gasteiger charge is -2.15. The van der Waals surface area contributed by atoms with Gasteiger partial charge in [-0.05, 0) is 37.1 Å². The van der Waals surface area contributed by atoms with Crippen LogP contribution in [-0.2, 0) is 10.0 Å². The number of carbonyl (C=O) groups excluding carboxylic acids is 1. The highest BCUT2D eigenvalue weighted by Crippen LogP contribution is 2.29. The van der Waals surface area contributed by atoms with Gasteiger partial charge in [0.25, 0.3) is 15.9 Å². The first-order valence-corrected chi connectivity index (χ1v) is 9.74. The molecule has 0 saturated carbocycles. The molecule has 2 aromatic heterocycles. The Hall–Kier alpha value is -3.40. The molecule has 2 heterocycles. The third kappa shape index (κ3) is 3.96. The molecule has 1 amide bonds. The number of sulfonamides is 1. The molecule has 146 valence electrons. The number of amides is 1. The predicted molar refractivity (Wildman–Crippen MR) is 104 cm³/mol. The van der Waals surface area contributed by atoms with Gasteiger partial charge in [0.1, 0.15) is 5.69 Å². The molecule has 0 aliphatic rings. The molecule has 0 atom stereocenters. The van der Waals surface area contributed by atoms with Crippen molar-refractivity contribution in [3.05, 3.63) is 59.5 Å². The van der Waals surface area contributed by atoms with E-state index in [1.165, 1.54) is 31.6 Å². The Morgan fingerprint density at radius 1 is 1.18 bits per heavy atom. The van der Waals surface area contributed by atoms with Crippen LogP contribution in [0.3, 0.4) is 0 Å². The maximum absolute atomic E-state index is 13.0. The molecular weight excluding hydrogens is 382 g/mol. The van der Waals surface area contributed by atoms with Crippen molar-refractivity contribution in [3.63, 3.8) is 0 Å². The monoisotopic (exact) mass is 401 g/mol. The number of aromatic amines is 1. The first kappa shape index (κ1) is 19.4. The second kappa shape index (κ2) is 7.69. The van der Waals surface area contributed by atoms with Crippen molar-refractivity contribution in [2.75, 3.05) is 17.1 Å². The van der Waals surface area contributed by atoms with Crippen molar-refractivity contribution in [2.24, 2.45) is 0 Å². The van der Waals surface area contributed by atoms with E-state index < -0.39 is 15.9 Å². The maximum atomic E-state index is 13.0. The van der Waals surface area contributed by atoms with Gasteiger partial charge in [-0.25, -0.2) is 13.4 Å². The van der Waals surface area contributed by atoms with Crippen LogP contribution in [0.25, 0.3) is 0 Å². The van der Waals surface area contributed by atoms with Crippen molar-refractivity contribution >= 4 is 27.3 Å². The third-order valence-electron chi connectivity index (χ3n) is 4.02. The summed E-state index contributed by atoms with van der Waals surface area (Å²) in [6, 6.07) is 8.24. The summed E-state index contributed by atoms with van der Waals surface area (Å²) in [4.78, 5) is 16.0. The predicted octanol–water partition coefficient (Wildman–Crippen LogP) is 2.48. The van der Waals surface area contributed by atoms with Gasteiger partial charge >= 0.3 is 0 Å². The van der Waals surface area contributed by atoms with E-state index in [0.717, 1.165) is 11.1 Å². The Balaban J connectivity index is 1.96. The average molecular weight is 401 g/mol. The highest BCUT2D eigenvalue weighted by Gasteiger charge is 2.23. The number of methoxy groups -OCH3 is 1. The van der Waals surface area contributed by atoms with E-state index in [2.05, 4.69) is 25.2 Å². The highest BCUT2D eigenvalue weighted by molar-refractivity contribution is 7.92. The molecule has 0 radical (unpaired) electrons. The molecule has 9 nitrogen and oxygen atoms in total. The first-order chi connectivity index (χ1) is 13.3. The lowest BCUT2D eigenvalue weighted by atomic mass is 10.1. The van der Waals surface area contributed by atoms with Gasteiger partial charge in [-0.15, -0.1) is 0 Å². The van der Waals surface area contributed by atoms with E-state index in [-0.39, 0.29) is 22.2 Å². The summed E-state index contributed by atoms with van der Waals surface area (Å²) >= 11 is 0. The quantitative estimate of drug-likeness (QED) is 0.582. The minimum Gasteiger partial charge on any atom is -0.480 e. The van der Waals surface area contributed by atoms with Crippen molar-refractivity contribution in [1.29, 1.82) is 0 Å². The Kier molecular flexibility index (Phi) is 5.32. The number of pyridine rings is 1. The summed E-state index contributed by atoms with van der Waals surface area (Å²) in [6.45, 7) is 3.61. The normalized spacial score (nSPS) is 11.1. The zero-order chi connectivity index (χ0) is 20.3. The molecule has 0 bridgehead atoms. The minimum absolute atomic E-state index is 0.0849. The second-order valence-corrected chi connectivity index (χ2v) is 7.68. The molecule has 10 heteroatoms. The van der Waals surface area contributed by atoms with E-state index >= 15 is 0 Å². The number of nitrogens with one attached hydrogen (secondary N) is 3. The van der Waals surface area contributed by atoms with Crippen molar-refractivity contribution < 1.29 is 17.9 Å². The molecule has 0 aliphatic carbocycles. The molecule has 3 rings (SSSR count). The summed E-state index contributed by atoms with van der Waals surface area (Å²) in [5.41, 5.74) is 2.46. The Labute approximate surface area is 162 Å². The van der Waals surface area contributed by atoms with Crippen LogP contribution in [-0.4, -0.2) is 36.6 Å². The number of H-pyrrole nitrogens is 1. The van der Waals surface area contributed by atoms with Gasteiger partial charge in [0.15, 0.2) is 4.90 Å². The third-order valence-corrected chi connectivity index (χ3v) is 5.37. The Morgan fingerprint density at radius 2 is 1.89 bits per heavy atom. The summed E-state index contributed by atoms with van der Waals surface area (Å²) in [5.74, 6) is -0.561. The summed E-state index contributed by atoms with van der Waals surface area (Å²) in [6.07, 6.45) is 2.75. The molecule has 3 N–H and O–H groups in total. The number of aryl methyl sites for hydroxylation is 2. The number of hydrogen-bond donors (Lipinski definition) is 3. The van der Waals surface area contributed by atoms with Gasteiger partial charge in [0.05, 0.1) is 24.7 Å². The number of nitrogens with zero attached hydrogens (tertiary/aromatic N) is 2. The SMILES string of the molecule is COc1ncc(NC(=O)c2ccn[nH]2)cc1S(=O)(=O)Nc1c(C)cccc1C. The number of benzene rings is 1. The minimum atomic E-state index is -4.02. The number of para-hydroxylation sites is 1. The number of rotatable bonds is 6. The fourth-order valence-corrected chi connectivity index (χ4v) is 3.94. The van der Waals surface area contributed by atoms with Crippen molar-refractivity contribution in [3.8, 4) is 5.88 Å². The number of aromatic nitrogens is 3. The molecule has 28 heavy (non-hydrogen) atoms. The topological polar surface area (TPSA) is 126 Å². The fraction of sp³-hybridized carbons (Fsp3) is 0.167. The highest BCUT2D eigenvalue weighted by atomic mass is 32.2. The Bertz CT molecular complexity index is 1090. The van der Waals surface area contributed by atoms with Crippen LogP contribution in [0.2, 0.25) is 0 Å². The number of ether oxygens (including phenoxy) is 1. The van der Waals surface area contributed by atoms with Gasteiger partial charge < -0.3 is 10.1 Å². The lowest BCUT2D eigenvalue weighted by Crippen LogP contribution is -2.18. The van der Waals surface area contributed by atoms with Crippen molar-refractivity contribution in [2.45, 2.75) is 18.7 Å². The molecule has 0 aliphatic heterocycles. The van der Waals surface area contributed by atoms with Gasteiger partial charge in [0, 0.05) is 6.20 Å². The first-order valence-electron chi connectivity index (χ1n) is 8.25. The maximum Gasteiger partial charge on any atom is 0.273 e. The summed E-state index contributed by atoms with van der Waals surface area (Å²) < 4.78 is 33.7. The Morgan fingerprint density at radius 3 is 2.50 bits per heavy atom. The molecule has 0 unspecified atom stereocenters. The smallest absolute Gasteiger partial charge is 0.273 e. The van der Waals surface area contributed by atoms with E-state index in [0.29, 0.717) is 5.69 Å². The van der Waals surface area contributed by atoms with E-state index in [1.54, 1.807) is 26.0 Å². The van der Waals surface area contributed by atoms with Crippen LogP contribution >= 0.6 is 0 Å². The fourth-order valence-electron chi connectivity index (χ4n) is 2.59. The molecular formula is C18H19N5O4S. The van der Waals surface area contributed by atoms with E-state index in [1.807, 2.05) is 6.07 Å². The zero-order valence-electron chi connectivity index (χ0n) is 15.5. The van der Waals surface area contributed by atoms with Crippen LogP contribution in [0, 0.1) is 13.8 Å². The van der Waals surface area contributed by atoms with E-state index in [4.69, 9.17) is 4.74 Å². The van der Waals surface area contributed by atoms with Gasteiger partial charge in [-0.2, -0.15) is 5.10 Å². The molecule has 0 saturated heterocycles. The standard InChI is InChI=1S/C18H19N5O4S/c1-11-5-4-6-12(2)16(11)23-28(25,26)15-9-13(10-19-18(15)27-3)21-17(24)14-7-8-20-22-14/h4-10,23H,1-3H3,(H,20,22)(H,21,24). The second-order valence-electron chi connectivity index (χ2n) is 6.03. The van der Waals surface area contributed by atoms with Gasteiger partial charge in [-0.3, -0.25) is 14.6 Å². The summed E-state index contributed by atoms with van der Waals surface area (Å²) in [7, 11) is -2.70. The summed E-state index contributed by atoms with van der Waals surface area (Å²) in [5, 5.41) is 8.81. The van der Waals surface area contributed by atoms with Crippen LogP contribution in [0.15, 0.2) is 47.6 Å². The number of anilines is 2. The van der Waals surface area contributed by atoms with Crippen LogP contribution in [0.5, 0.6) is 5.88 Å². The number of hydrogen-bond acceptors (Lipinski definition) is 6. The largest absolute Gasteiger partial charge is 0.480 e. The van der Waals surface area contributed by atoms with Gasteiger partial charge in [0.2, 0.25) is 5.88 Å². The zero-order valence-corrected chi connectivity index (χ0v) is 16.3. The number of carbonyl (C=O) groups is 1. The molecule has 1 aromatic carbocycles. The molecule has 0 spiro atoms.